The molecule has 2 heterocycles. The van der Waals surface area contributed by atoms with E-state index in [1.807, 2.05) is 0 Å². The Kier molecular flexibility index (Phi) is 6.02. The lowest BCUT2D eigenvalue weighted by atomic mass is 10.2. The molecule has 0 amide bonds. The van der Waals surface area contributed by atoms with Crippen LogP contribution in [-0.2, 0) is 30.9 Å². The van der Waals surface area contributed by atoms with Crippen LogP contribution in [0.4, 0.5) is 0 Å². The second-order valence-corrected chi connectivity index (χ2v) is 9.90. The minimum atomic E-state index is -3.96. The topological polar surface area (TPSA) is 87.5 Å². The van der Waals surface area contributed by atoms with Crippen LogP contribution in [0.3, 0.4) is 0 Å². The van der Waals surface area contributed by atoms with E-state index < -0.39 is 22.1 Å². The third kappa shape index (κ3) is 4.18. The summed E-state index contributed by atoms with van der Waals surface area (Å²) >= 11 is 7.48. The quantitative estimate of drug-likeness (QED) is 0.360. The molecule has 0 N–H and O–H groups in total. The van der Waals surface area contributed by atoms with Gasteiger partial charge in [-0.05, 0) is 56.3 Å². The van der Waals surface area contributed by atoms with Crippen molar-refractivity contribution in [2.75, 3.05) is 6.61 Å². The van der Waals surface area contributed by atoms with E-state index in [9.17, 15) is 13.2 Å². The molecule has 0 aliphatic heterocycles. The molecule has 0 spiro atoms. The zero-order chi connectivity index (χ0) is 22.2. The molecular weight excluding hydrogens is 460 g/mol. The number of hydrogen-bond donors (Lipinski definition) is 0. The molecule has 0 saturated heterocycles. The third-order valence-corrected chi connectivity index (χ3v) is 7.52. The maximum Gasteiger partial charge on any atom is 0.334 e. The van der Waals surface area contributed by atoms with Crippen LogP contribution in [0.2, 0.25) is 5.02 Å². The van der Waals surface area contributed by atoms with Crippen molar-refractivity contribution >= 4 is 60.0 Å². The number of carbonyl (C=O) groups excluding carboxylic acids is 1. The predicted molar refractivity (Wildman–Crippen MR) is 120 cm³/mol. The monoisotopic (exact) mass is 478 g/mol. The van der Waals surface area contributed by atoms with Crippen molar-refractivity contribution in [2.24, 2.45) is 0 Å². The number of nitrogens with zero attached hydrogens (tertiary/aromatic N) is 2. The number of ether oxygens (including phenoxy) is 2. The maximum atomic E-state index is 13.6. The molecule has 0 aliphatic carbocycles. The molecule has 0 aliphatic rings. The Hall–Kier alpha value is -2.46. The zero-order valence-electron chi connectivity index (χ0n) is 16.7. The number of esters is 1. The van der Waals surface area contributed by atoms with Gasteiger partial charge in [-0.25, -0.2) is 22.2 Å². The lowest BCUT2D eigenvalue weighted by Gasteiger charge is -2.15. The second kappa shape index (κ2) is 8.58. The molecule has 2 aromatic heterocycles. The van der Waals surface area contributed by atoms with Gasteiger partial charge < -0.3 is 9.47 Å². The average Bonchev–Trinajstić information content (AvgIpc) is 3.35. The summed E-state index contributed by atoms with van der Waals surface area (Å²) in [6.45, 7) is 3.40. The van der Waals surface area contributed by atoms with E-state index in [2.05, 4.69) is 4.98 Å². The molecule has 4 rings (SSSR count). The Bertz CT molecular complexity index is 1380. The summed E-state index contributed by atoms with van der Waals surface area (Å²) in [6.07, 6.45) is -0.841. The molecule has 0 bridgehead atoms. The Morgan fingerprint density at radius 1 is 1.23 bits per heavy atom. The lowest BCUT2D eigenvalue weighted by molar-refractivity contribution is -0.156. The molecule has 1 atom stereocenters. The number of fused-ring (bicyclic) bond motifs is 2. The van der Waals surface area contributed by atoms with Crippen LogP contribution in [0.5, 0.6) is 0 Å². The van der Waals surface area contributed by atoms with Crippen LogP contribution in [0.25, 0.3) is 21.1 Å². The second-order valence-electron chi connectivity index (χ2n) is 6.80. The molecule has 31 heavy (non-hydrogen) atoms. The zero-order valence-corrected chi connectivity index (χ0v) is 19.1. The summed E-state index contributed by atoms with van der Waals surface area (Å²) in [5.41, 5.74) is 3.25. The van der Waals surface area contributed by atoms with Crippen LogP contribution in [-0.4, -0.2) is 36.1 Å². The van der Waals surface area contributed by atoms with Crippen LogP contribution in [0.1, 0.15) is 19.5 Å². The summed E-state index contributed by atoms with van der Waals surface area (Å²) in [4.78, 5) is 16.2. The molecule has 1 unspecified atom stereocenters. The number of halogens is 1. The first kappa shape index (κ1) is 21.8. The summed E-state index contributed by atoms with van der Waals surface area (Å²) in [7, 11) is -3.96. The predicted octanol–water partition coefficient (Wildman–Crippen LogP) is 4.61. The third-order valence-electron chi connectivity index (χ3n) is 4.73. The molecule has 162 valence electrons. The van der Waals surface area contributed by atoms with Gasteiger partial charge in [0.1, 0.15) is 0 Å². The number of aromatic nitrogens is 2. The highest BCUT2D eigenvalue weighted by Gasteiger charge is 2.25. The minimum Gasteiger partial charge on any atom is -0.464 e. The van der Waals surface area contributed by atoms with Crippen LogP contribution >= 0.6 is 22.9 Å². The van der Waals surface area contributed by atoms with Crippen molar-refractivity contribution < 1.29 is 22.7 Å². The number of thiazole rings is 1. The molecule has 4 aromatic rings. The van der Waals surface area contributed by atoms with Gasteiger partial charge in [0.25, 0.3) is 10.0 Å². The maximum absolute atomic E-state index is 13.6. The van der Waals surface area contributed by atoms with Crippen molar-refractivity contribution in [3.63, 3.8) is 0 Å². The van der Waals surface area contributed by atoms with Crippen LogP contribution in [0, 0.1) is 0 Å². The summed E-state index contributed by atoms with van der Waals surface area (Å²) < 4.78 is 39.9. The summed E-state index contributed by atoms with van der Waals surface area (Å²) in [6, 6.07) is 11.5. The van der Waals surface area contributed by atoms with Crippen molar-refractivity contribution in [3.8, 4) is 0 Å². The summed E-state index contributed by atoms with van der Waals surface area (Å²) in [5, 5.41) is 1.14. The van der Waals surface area contributed by atoms with Gasteiger partial charge in [-0.3, -0.25) is 0 Å². The van der Waals surface area contributed by atoms with Gasteiger partial charge in [0.05, 0.1) is 45.0 Å². The normalized spacial score (nSPS) is 13.0. The van der Waals surface area contributed by atoms with Crippen LogP contribution < -0.4 is 0 Å². The fourth-order valence-electron chi connectivity index (χ4n) is 3.24. The standard InChI is InChI=1S/C21H19ClN2O5S2/c1-3-28-21(25)13(2)29-11-16-9-14-8-15(22)4-7-19(14)24(16)31(26,27)17-5-6-18-20(10-17)30-12-23-18/h4-10,12-13H,3,11H2,1-2H3. The highest BCUT2D eigenvalue weighted by atomic mass is 35.5. The number of hydrogen-bond acceptors (Lipinski definition) is 7. The first-order valence-electron chi connectivity index (χ1n) is 9.48. The summed E-state index contributed by atoms with van der Waals surface area (Å²) in [5.74, 6) is -0.508. The molecular formula is C21H19ClN2O5S2. The SMILES string of the molecule is CCOC(=O)C(C)OCc1cc2cc(Cl)ccc2n1S(=O)(=O)c1ccc2ncsc2c1. The molecule has 0 radical (unpaired) electrons. The van der Waals surface area contributed by atoms with Crippen molar-refractivity contribution in [1.29, 1.82) is 0 Å². The Balaban J connectivity index is 1.79. The van der Waals surface area contributed by atoms with E-state index in [4.69, 9.17) is 21.1 Å². The van der Waals surface area contributed by atoms with Crippen LogP contribution in [0.15, 0.2) is 52.9 Å². The molecule has 0 fully saturated rings. The smallest absolute Gasteiger partial charge is 0.334 e. The fourth-order valence-corrected chi connectivity index (χ4v) is 5.77. The van der Waals surface area contributed by atoms with Gasteiger partial charge >= 0.3 is 5.97 Å². The first-order chi connectivity index (χ1) is 14.8. The van der Waals surface area contributed by atoms with E-state index >= 15 is 0 Å². The van der Waals surface area contributed by atoms with Gasteiger partial charge in [0.15, 0.2) is 6.10 Å². The van der Waals surface area contributed by atoms with E-state index in [-0.39, 0.29) is 18.1 Å². The van der Waals surface area contributed by atoms with Gasteiger partial charge in [0, 0.05) is 10.4 Å². The highest BCUT2D eigenvalue weighted by molar-refractivity contribution is 7.90. The van der Waals surface area contributed by atoms with Crippen molar-refractivity contribution in [1.82, 2.24) is 8.96 Å². The highest BCUT2D eigenvalue weighted by Crippen LogP contribution is 2.30. The van der Waals surface area contributed by atoms with Gasteiger partial charge in [-0.2, -0.15) is 0 Å². The first-order valence-corrected chi connectivity index (χ1v) is 12.2. The molecule has 10 heteroatoms. The van der Waals surface area contributed by atoms with Crippen molar-refractivity contribution in [2.45, 2.75) is 31.5 Å². The number of benzene rings is 2. The number of rotatable bonds is 7. The number of carbonyl (C=O) groups is 1. The Morgan fingerprint density at radius 3 is 2.81 bits per heavy atom. The molecule has 7 nitrogen and oxygen atoms in total. The Morgan fingerprint density at radius 2 is 2.03 bits per heavy atom. The van der Waals surface area contributed by atoms with E-state index in [0.29, 0.717) is 21.6 Å². The van der Waals surface area contributed by atoms with Gasteiger partial charge in [-0.15, -0.1) is 11.3 Å². The van der Waals surface area contributed by atoms with E-state index in [0.717, 1.165) is 10.2 Å². The molecule has 0 saturated carbocycles. The minimum absolute atomic E-state index is 0.103. The van der Waals surface area contributed by atoms with Gasteiger partial charge in [0.2, 0.25) is 0 Å². The van der Waals surface area contributed by atoms with E-state index in [1.54, 1.807) is 55.8 Å². The van der Waals surface area contributed by atoms with Crippen molar-refractivity contribution in [3.05, 3.63) is 58.7 Å². The Labute approximate surface area is 188 Å². The van der Waals surface area contributed by atoms with Gasteiger partial charge in [-0.1, -0.05) is 11.6 Å². The van der Waals surface area contributed by atoms with E-state index in [1.165, 1.54) is 21.4 Å². The lowest BCUT2D eigenvalue weighted by Crippen LogP contribution is -2.24. The average molecular weight is 479 g/mol. The fraction of sp³-hybridized carbons (Fsp3) is 0.238. The largest absolute Gasteiger partial charge is 0.464 e. The molecule has 2 aromatic carbocycles.